The topological polar surface area (TPSA) is 60.2 Å². The second-order valence-electron chi connectivity index (χ2n) is 3.83. The molecule has 0 saturated heterocycles. The van der Waals surface area contributed by atoms with Crippen LogP contribution in [0.3, 0.4) is 0 Å². The lowest BCUT2D eigenvalue weighted by molar-refractivity contribution is 0.307. The number of aryl methyl sites for hydroxylation is 2. The molecule has 0 aliphatic carbocycles. The molecule has 0 bridgehead atoms. The van der Waals surface area contributed by atoms with Gasteiger partial charge in [-0.3, -0.25) is 5.43 Å². The van der Waals surface area contributed by atoms with Crippen molar-refractivity contribution in [3.8, 4) is 5.75 Å². The van der Waals surface area contributed by atoms with Gasteiger partial charge in [-0.2, -0.15) is 0 Å². The Morgan fingerprint density at radius 2 is 2.24 bits per heavy atom. The van der Waals surface area contributed by atoms with Crippen molar-refractivity contribution in [1.29, 1.82) is 0 Å². The molecule has 0 spiro atoms. The molecule has 3 N–H and O–H groups in total. The van der Waals surface area contributed by atoms with Gasteiger partial charge in [-0.15, -0.1) is 0 Å². The lowest BCUT2D eigenvalue weighted by Gasteiger charge is -2.08. The van der Waals surface area contributed by atoms with E-state index in [0.29, 0.717) is 11.7 Å². The van der Waals surface area contributed by atoms with Gasteiger partial charge in [0.2, 0.25) is 0 Å². The van der Waals surface area contributed by atoms with Crippen molar-refractivity contribution in [3.05, 3.63) is 40.4 Å². The molecular formula is C12H15N3OS. The third-order valence-corrected chi connectivity index (χ3v) is 3.29. The van der Waals surface area contributed by atoms with Crippen LogP contribution < -0.4 is 16.0 Å². The summed E-state index contributed by atoms with van der Waals surface area (Å²) in [6.07, 6.45) is 1.77. The Labute approximate surface area is 104 Å². The Morgan fingerprint density at radius 1 is 1.41 bits per heavy atom. The molecule has 0 unspecified atom stereocenters. The molecule has 2 rings (SSSR count). The summed E-state index contributed by atoms with van der Waals surface area (Å²) in [6.45, 7) is 4.60. The summed E-state index contributed by atoms with van der Waals surface area (Å²) in [4.78, 5) is 5.13. The molecule has 0 saturated carbocycles. The number of ether oxygens (including phenoxy) is 1. The van der Waals surface area contributed by atoms with E-state index < -0.39 is 0 Å². The zero-order valence-electron chi connectivity index (χ0n) is 9.86. The van der Waals surface area contributed by atoms with Crippen LogP contribution in [0.15, 0.2) is 24.4 Å². The van der Waals surface area contributed by atoms with E-state index in [0.717, 1.165) is 16.2 Å². The number of benzene rings is 1. The maximum atomic E-state index is 5.76. The number of hydrogen-bond donors (Lipinski definition) is 2. The number of thiazole rings is 1. The van der Waals surface area contributed by atoms with Crippen LogP contribution in [0.25, 0.3) is 0 Å². The Bertz CT molecular complexity index is 510. The van der Waals surface area contributed by atoms with Crippen molar-refractivity contribution in [3.63, 3.8) is 0 Å². The average Bonchev–Trinajstić information content (AvgIpc) is 2.78. The second kappa shape index (κ2) is 5.16. The Hall–Kier alpha value is -1.59. The molecule has 17 heavy (non-hydrogen) atoms. The summed E-state index contributed by atoms with van der Waals surface area (Å²) in [5.74, 6) is 6.19. The number of anilines is 1. The zero-order chi connectivity index (χ0) is 12.3. The number of rotatable bonds is 4. The van der Waals surface area contributed by atoms with Crippen LogP contribution in [0.2, 0.25) is 0 Å². The van der Waals surface area contributed by atoms with Crippen molar-refractivity contribution >= 4 is 16.5 Å². The molecule has 1 heterocycles. The highest BCUT2D eigenvalue weighted by Crippen LogP contribution is 2.23. The lowest BCUT2D eigenvalue weighted by atomic mass is 10.1. The van der Waals surface area contributed by atoms with E-state index >= 15 is 0 Å². The minimum Gasteiger partial charge on any atom is -0.488 e. The van der Waals surface area contributed by atoms with Crippen molar-refractivity contribution in [2.24, 2.45) is 5.84 Å². The Kier molecular flexibility index (Phi) is 3.61. The molecule has 0 aliphatic rings. The van der Waals surface area contributed by atoms with Crippen LogP contribution in [-0.4, -0.2) is 4.98 Å². The minimum absolute atomic E-state index is 0.518. The summed E-state index contributed by atoms with van der Waals surface area (Å²) in [7, 11) is 0. The van der Waals surface area contributed by atoms with E-state index in [1.807, 2.05) is 13.0 Å². The molecule has 5 heteroatoms. The van der Waals surface area contributed by atoms with E-state index in [9.17, 15) is 0 Å². The highest BCUT2D eigenvalue weighted by Gasteiger charge is 2.03. The first-order valence-corrected chi connectivity index (χ1v) is 6.12. The fourth-order valence-electron chi connectivity index (χ4n) is 1.45. The predicted molar refractivity (Wildman–Crippen MR) is 70.2 cm³/mol. The Balaban J connectivity index is 2.04. The van der Waals surface area contributed by atoms with E-state index in [1.165, 1.54) is 16.9 Å². The lowest BCUT2D eigenvalue weighted by Crippen LogP contribution is -2.05. The molecule has 0 atom stereocenters. The first kappa shape index (κ1) is 11.9. The fraction of sp³-hybridized carbons (Fsp3) is 0.250. The normalized spacial score (nSPS) is 10.3. The van der Waals surface area contributed by atoms with Crippen LogP contribution in [0.5, 0.6) is 5.75 Å². The molecule has 90 valence electrons. The Morgan fingerprint density at radius 3 is 2.94 bits per heavy atom. The van der Waals surface area contributed by atoms with Gasteiger partial charge in [0, 0.05) is 6.20 Å². The zero-order valence-corrected chi connectivity index (χ0v) is 10.7. The molecule has 4 nitrogen and oxygen atoms in total. The van der Waals surface area contributed by atoms with Crippen molar-refractivity contribution in [2.75, 3.05) is 5.43 Å². The van der Waals surface area contributed by atoms with Crippen molar-refractivity contribution in [1.82, 2.24) is 4.98 Å². The van der Waals surface area contributed by atoms with Gasteiger partial charge in [0.1, 0.15) is 12.4 Å². The van der Waals surface area contributed by atoms with E-state index in [4.69, 9.17) is 10.6 Å². The molecule has 0 aliphatic heterocycles. The predicted octanol–water partition coefficient (Wildman–Crippen LogP) is 2.62. The highest BCUT2D eigenvalue weighted by atomic mass is 32.1. The third-order valence-electron chi connectivity index (χ3n) is 2.39. The number of hydrogen-bond acceptors (Lipinski definition) is 5. The first-order valence-electron chi connectivity index (χ1n) is 5.30. The average molecular weight is 249 g/mol. The molecule has 1 aromatic heterocycles. The van der Waals surface area contributed by atoms with Crippen LogP contribution >= 0.6 is 11.3 Å². The van der Waals surface area contributed by atoms with Gasteiger partial charge in [0.25, 0.3) is 0 Å². The standard InChI is InChI=1S/C12H15N3OS/c1-8-3-4-9(2)11(5-8)16-7-10-6-14-12(15-13)17-10/h3-6H,7,13H2,1-2H3,(H,14,15). The maximum Gasteiger partial charge on any atom is 0.197 e. The molecule has 2 aromatic rings. The van der Waals surface area contributed by atoms with Crippen LogP contribution in [0, 0.1) is 13.8 Å². The summed E-state index contributed by atoms with van der Waals surface area (Å²) in [6, 6.07) is 6.17. The molecule has 0 fully saturated rings. The minimum atomic E-state index is 0.518. The fourth-order valence-corrected chi connectivity index (χ4v) is 2.09. The van der Waals surface area contributed by atoms with Crippen LogP contribution in [0.1, 0.15) is 16.0 Å². The van der Waals surface area contributed by atoms with E-state index in [2.05, 4.69) is 29.5 Å². The maximum absolute atomic E-state index is 5.76. The van der Waals surface area contributed by atoms with Gasteiger partial charge < -0.3 is 4.74 Å². The van der Waals surface area contributed by atoms with Crippen LogP contribution in [0.4, 0.5) is 5.13 Å². The molecule has 1 aromatic carbocycles. The van der Waals surface area contributed by atoms with Gasteiger partial charge in [0.05, 0.1) is 4.88 Å². The van der Waals surface area contributed by atoms with E-state index in [-0.39, 0.29) is 0 Å². The SMILES string of the molecule is Cc1ccc(C)c(OCc2cnc(NN)s2)c1. The number of nitrogens with one attached hydrogen (secondary N) is 1. The van der Waals surface area contributed by atoms with Gasteiger partial charge in [0.15, 0.2) is 5.13 Å². The van der Waals surface area contributed by atoms with Crippen LogP contribution in [-0.2, 0) is 6.61 Å². The summed E-state index contributed by atoms with van der Waals surface area (Å²) < 4.78 is 5.76. The second-order valence-corrected chi connectivity index (χ2v) is 4.95. The third kappa shape index (κ3) is 2.95. The van der Waals surface area contributed by atoms with Crippen molar-refractivity contribution in [2.45, 2.75) is 20.5 Å². The summed E-state index contributed by atoms with van der Waals surface area (Å²) >= 11 is 1.49. The van der Waals surface area contributed by atoms with Gasteiger partial charge >= 0.3 is 0 Å². The van der Waals surface area contributed by atoms with Gasteiger partial charge in [-0.05, 0) is 31.0 Å². The van der Waals surface area contributed by atoms with Gasteiger partial charge in [-0.1, -0.05) is 23.5 Å². The molecular weight excluding hydrogens is 234 g/mol. The van der Waals surface area contributed by atoms with E-state index in [1.54, 1.807) is 6.20 Å². The largest absolute Gasteiger partial charge is 0.488 e. The number of nitrogen functional groups attached to an aromatic ring is 1. The quantitative estimate of drug-likeness (QED) is 0.646. The highest BCUT2D eigenvalue weighted by molar-refractivity contribution is 7.15. The first-order chi connectivity index (χ1) is 8.19. The van der Waals surface area contributed by atoms with Gasteiger partial charge in [-0.25, -0.2) is 10.8 Å². The number of hydrazine groups is 1. The van der Waals surface area contributed by atoms with Crippen molar-refractivity contribution < 1.29 is 4.74 Å². The summed E-state index contributed by atoms with van der Waals surface area (Å²) in [5.41, 5.74) is 4.85. The number of nitrogens with two attached hydrogens (primary N) is 1. The molecule has 0 amide bonds. The monoisotopic (exact) mass is 249 g/mol. The number of nitrogens with zero attached hydrogens (tertiary/aromatic N) is 1. The summed E-state index contributed by atoms with van der Waals surface area (Å²) in [5, 5.41) is 0.699. The molecule has 0 radical (unpaired) electrons. The smallest absolute Gasteiger partial charge is 0.197 e. The number of aromatic nitrogens is 1.